The third-order valence-corrected chi connectivity index (χ3v) is 2.51. The quantitative estimate of drug-likeness (QED) is 0.619. The Morgan fingerprint density at radius 3 is 2.20 bits per heavy atom. The zero-order valence-corrected chi connectivity index (χ0v) is 9.75. The summed E-state index contributed by atoms with van der Waals surface area (Å²) < 4.78 is 0. The predicted molar refractivity (Wildman–Crippen MR) is 58.4 cm³/mol. The summed E-state index contributed by atoms with van der Waals surface area (Å²) >= 11 is 0. The van der Waals surface area contributed by atoms with Gasteiger partial charge in [-0.15, -0.1) is 0 Å². The molecular formula is C11H21NO3. The molecule has 1 unspecified atom stereocenters. The van der Waals surface area contributed by atoms with Gasteiger partial charge in [-0.1, -0.05) is 26.7 Å². The molecule has 4 nitrogen and oxygen atoms in total. The van der Waals surface area contributed by atoms with Crippen LogP contribution in [0.2, 0.25) is 0 Å². The molecule has 0 radical (unpaired) electrons. The van der Waals surface area contributed by atoms with Crippen molar-refractivity contribution in [3.63, 3.8) is 0 Å². The molecule has 88 valence electrons. The lowest BCUT2D eigenvalue weighted by Gasteiger charge is -2.20. The van der Waals surface area contributed by atoms with Gasteiger partial charge in [-0.3, -0.25) is 9.59 Å². The van der Waals surface area contributed by atoms with Crippen LogP contribution in [-0.4, -0.2) is 29.4 Å². The van der Waals surface area contributed by atoms with Crippen LogP contribution in [0.25, 0.3) is 0 Å². The number of carbonyl (C=O) groups excluding carboxylic acids is 2. The second-order valence-electron chi connectivity index (χ2n) is 3.83. The molecule has 0 aromatic rings. The summed E-state index contributed by atoms with van der Waals surface area (Å²) in [5.74, 6) is -0.264. The first-order valence-electron chi connectivity index (χ1n) is 5.45. The number of rotatable bonds is 7. The van der Waals surface area contributed by atoms with Crippen molar-refractivity contribution >= 4 is 11.7 Å². The Balaban J connectivity index is 3.83. The number of nitrogens with one attached hydrogen (secondary N) is 1. The molecule has 0 aliphatic heterocycles. The summed E-state index contributed by atoms with van der Waals surface area (Å²) in [7, 11) is 0. The molecule has 1 atom stereocenters. The number of hydrogen-bond donors (Lipinski definition) is 2. The number of hydrogen-bond acceptors (Lipinski definition) is 3. The van der Waals surface area contributed by atoms with Gasteiger partial charge in [-0.2, -0.15) is 0 Å². The van der Waals surface area contributed by atoms with Gasteiger partial charge < -0.3 is 10.4 Å². The van der Waals surface area contributed by atoms with E-state index in [0.29, 0.717) is 0 Å². The zero-order valence-electron chi connectivity index (χ0n) is 9.75. The van der Waals surface area contributed by atoms with Gasteiger partial charge in [0.1, 0.15) is 5.78 Å². The average molecular weight is 215 g/mol. The number of Topliss-reactive ketones (excluding diaryl/α,β-unsaturated/α-hetero) is 1. The molecule has 0 spiro atoms. The molecular weight excluding hydrogens is 194 g/mol. The molecule has 15 heavy (non-hydrogen) atoms. The minimum absolute atomic E-state index is 0.102. The van der Waals surface area contributed by atoms with E-state index in [2.05, 4.69) is 5.32 Å². The second kappa shape index (κ2) is 7.40. The predicted octanol–water partition coefficient (Wildman–Crippen LogP) is 0.879. The summed E-state index contributed by atoms with van der Waals surface area (Å²) in [5, 5.41) is 12.2. The lowest BCUT2D eigenvalue weighted by molar-refractivity contribution is -0.127. The van der Waals surface area contributed by atoms with Crippen molar-refractivity contribution in [3.8, 4) is 0 Å². The molecule has 0 heterocycles. The normalized spacial score (nSPS) is 12.6. The van der Waals surface area contributed by atoms with Crippen molar-refractivity contribution in [2.45, 2.75) is 46.1 Å². The zero-order chi connectivity index (χ0) is 11.8. The van der Waals surface area contributed by atoms with E-state index in [-0.39, 0.29) is 30.6 Å². The average Bonchev–Trinajstić information content (AvgIpc) is 2.15. The molecule has 0 aliphatic carbocycles. The van der Waals surface area contributed by atoms with Crippen LogP contribution in [0.15, 0.2) is 0 Å². The van der Waals surface area contributed by atoms with E-state index in [0.717, 1.165) is 12.8 Å². The molecule has 0 aromatic heterocycles. The van der Waals surface area contributed by atoms with E-state index in [4.69, 9.17) is 0 Å². The van der Waals surface area contributed by atoms with Crippen molar-refractivity contribution in [2.24, 2.45) is 5.92 Å². The molecule has 0 saturated heterocycles. The Labute approximate surface area is 91.1 Å². The first-order chi connectivity index (χ1) is 7.01. The highest BCUT2D eigenvalue weighted by Crippen LogP contribution is 2.12. The van der Waals surface area contributed by atoms with Crippen molar-refractivity contribution in [1.82, 2.24) is 5.32 Å². The van der Waals surface area contributed by atoms with Gasteiger partial charge >= 0.3 is 0 Å². The minimum atomic E-state index is -0.518. The highest BCUT2D eigenvalue weighted by Gasteiger charge is 2.16. The van der Waals surface area contributed by atoms with Gasteiger partial charge in [0.05, 0.1) is 12.5 Å². The van der Waals surface area contributed by atoms with E-state index < -0.39 is 6.10 Å². The molecule has 0 fully saturated rings. The SMILES string of the molecule is CCC(CC)C(O)CNC(=O)CC(C)=O. The summed E-state index contributed by atoms with van der Waals surface area (Å²) in [6, 6.07) is 0. The molecule has 1 amide bonds. The molecule has 0 aliphatic rings. The van der Waals surface area contributed by atoms with Crippen LogP contribution in [0.1, 0.15) is 40.0 Å². The first kappa shape index (κ1) is 14.1. The highest BCUT2D eigenvalue weighted by atomic mass is 16.3. The van der Waals surface area contributed by atoms with Crippen LogP contribution in [0, 0.1) is 5.92 Å². The van der Waals surface area contributed by atoms with Crippen molar-refractivity contribution < 1.29 is 14.7 Å². The topological polar surface area (TPSA) is 66.4 Å². The Hall–Kier alpha value is -0.900. The van der Waals surface area contributed by atoms with Gasteiger partial charge in [0.2, 0.25) is 5.91 Å². The number of amides is 1. The maximum atomic E-state index is 11.1. The van der Waals surface area contributed by atoms with Gasteiger partial charge in [0.15, 0.2) is 0 Å². The molecule has 0 rings (SSSR count). The molecule has 4 heteroatoms. The Morgan fingerprint density at radius 2 is 1.80 bits per heavy atom. The fourth-order valence-corrected chi connectivity index (χ4v) is 1.51. The van der Waals surface area contributed by atoms with E-state index in [1.165, 1.54) is 6.92 Å². The summed E-state index contributed by atoms with van der Waals surface area (Å²) in [6.45, 7) is 5.62. The summed E-state index contributed by atoms with van der Waals surface area (Å²) in [4.78, 5) is 21.7. The van der Waals surface area contributed by atoms with E-state index >= 15 is 0 Å². The van der Waals surface area contributed by atoms with Crippen molar-refractivity contribution in [2.75, 3.05) is 6.54 Å². The third-order valence-electron chi connectivity index (χ3n) is 2.51. The van der Waals surface area contributed by atoms with Gasteiger partial charge in [-0.25, -0.2) is 0 Å². The van der Waals surface area contributed by atoms with Gasteiger partial charge in [0, 0.05) is 6.54 Å². The molecule has 0 saturated carbocycles. The van der Waals surface area contributed by atoms with Crippen LogP contribution in [0.3, 0.4) is 0 Å². The standard InChI is InChI=1S/C11H21NO3/c1-4-9(5-2)10(14)7-12-11(15)6-8(3)13/h9-10,14H,4-7H2,1-3H3,(H,12,15). The maximum absolute atomic E-state index is 11.1. The lowest BCUT2D eigenvalue weighted by atomic mass is 9.96. The lowest BCUT2D eigenvalue weighted by Crippen LogP contribution is -2.36. The fraction of sp³-hybridized carbons (Fsp3) is 0.818. The largest absolute Gasteiger partial charge is 0.391 e. The monoisotopic (exact) mass is 215 g/mol. The van der Waals surface area contributed by atoms with Crippen LogP contribution in [-0.2, 0) is 9.59 Å². The minimum Gasteiger partial charge on any atom is -0.391 e. The fourth-order valence-electron chi connectivity index (χ4n) is 1.51. The van der Waals surface area contributed by atoms with Crippen LogP contribution in [0.5, 0.6) is 0 Å². The van der Waals surface area contributed by atoms with Crippen LogP contribution < -0.4 is 5.32 Å². The summed E-state index contributed by atoms with van der Waals surface area (Å²) in [5.41, 5.74) is 0. The maximum Gasteiger partial charge on any atom is 0.227 e. The number of aliphatic hydroxyl groups is 1. The third kappa shape index (κ3) is 6.23. The number of aliphatic hydroxyl groups excluding tert-OH is 1. The Kier molecular flexibility index (Phi) is 6.96. The number of carbonyl (C=O) groups is 2. The Morgan fingerprint density at radius 1 is 1.27 bits per heavy atom. The van der Waals surface area contributed by atoms with Crippen molar-refractivity contribution in [1.29, 1.82) is 0 Å². The highest BCUT2D eigenvalue weighted by molar-refractivity contribution is 5.96. The van der Waals surface area contributed by atoms with E-state index in [9.17, 15) is 14.7 Å². The molecule has 0 bridgehead atoms. The first-order valence-corrected chi connectivity index (χ1v) is 5.45. The van der Waals surface area contributed by atoms with Gasteiger partial charge in [0.25, 0.3) is 0 Å². The van der Waals surface area contributed by atoms with Crippen molar-refractivity contribution in [3.05, 3.63) is 0 Å². The molecule has 2 N–H and O–H groups in total. The summed E-state index contributed by atoms with van der Waals surface area (Å²) in [6.07, 6.45) is 1.16. The number of ketones is 1. The van der Waals surface area contributed by atoms with Crippen LogP contribution in [0.4, 0.5) is 0 Å². The molecule has 0 aromatic carbocycles. The van der Waals surface area contributed by atoms with Crippen LogP contribution >= 0.6 is 0 Å². The smallest absolute Gasteiger partial charge is 0.227 e. The second-order valence-corrected chi connectivity index (χ2v) is 3.83. The van der Waals surface area contributed by atoms with Gasteiger partial charge in [-0.05, 0) is 12.8 Å². The van der Waals surface area contributed by atoms with E-state index in [1.807, 2.05) is 13.8 Å². The van der Waals surface area contributed by atoms with E-state index in [1.54, 1.807) is 0 Å². The Bertz CT molecular complexity index is 212.